The minimum Gasteiger partial charge on any atom is -0.490 e. The quantitative estimate of drug-likeness (QED) is 0.865. The third kappa shape index (κ3) is 2.34. The molecular weight excluding hydrogens is 224 g/mol. The van der Waals surface area contributed by atoms with Crippen molar-refractivity contribution in [3.05, 3.63) is 29.3 Å². The van der Waals surface area contributed by atoms with Crippen molar-refractivity contribution < 1.29 is 4.74 Å². The van der Waals surface area contributed by atoms with E-state index in [4.69, 9.17) is 4.74 Å². The Morgan fingerprint density at radius 2 is 2.00 bits per heavy atom. The lowest BCUT2D eigenvalue weighted by molar-refractivity contribution is 0.209. The van der Waals surface area contributed by atoms with Crippen LogP contribution in [-0.2, 0) is 0 Å². The zero-order valence-electron chi connectivity index (χ0n) is 11.3. The molecule has 1 saturated carbocycles. The molecule has 0 saturated heterocycles. The van der Waals surface area contributed by atoms with Crippen LogP contribution in [0.15, 0.2) is 18.2 Å². The summed E-state index contributed by atoms with van der Waals surface area (Å²) in [5.41, 5.74) is 1.71. The van der Waals surface area contributed by atoms with Crippen molar-refractivity contribution in [2.75, 3.05) is 13.7 Å². The Bertz CT molecular complexity index is 454. The van der Waals surface area contributed by atoms with E-state index in [0.29, 0.717) is 12.5 Å². The van der Waals surface area contributed by atoms with E-state index < -0.39 is 5.54 Å². The van der Waals surface area contributed by atoms with Gasteiger partial charge in [-0.05, 0) is 50.8 Å². The highest BCUT2D eigenvalue weighted by molar-refractivity contribution is 5.40. The van der Waals surface area contributed by atoms with E-state index >= 15 is 0 Å². The number of hydrogen-bond donors (Lipinski definition) is 1. The number of para-hydroxylation sites is 1. The Morgan fingerprint density at radius 3 is 2.44 bits per heavy atom. The molecule has 1 aromatic rings. The van der Waals surface area contributed by atoms with Gasteiger partial charge in [0, 0.05) is 0 Å². The van der Waals surface area contributed by atoms with Crippen LogP contribution in [0.3, 0.4) is 0 Å². The van der Waals surface area contributed by atoms with Gasteiger partial charge in [0.25, 0.3) is 0 Å². The fraction of sp³-hybridized carbons (Fsp3) is 0.533. The predicted molar refractivity (Wildman–Crippen MR) is 71.5 cm³/mol. The molecule has 0 amide bonds. The monoisotopic (exact) mass is 244 g/mol. The largest absolute Gasteiger partial charge is 0.490 e. The minimum atomic E-state index is -0.533. The van der Waals surface area contributed by atoms with E-state index in [2.05, 4.69) is 11.4 Å². The zero-order valence-corrected chi connectivity index (χ0v) is 11.3. The molecule has 0 bridgehead atoms. The molecule has 1 unspecified atom stereocenters. The maximum atomic E-state index is 9.41. The Labute approximate surface area is 109 Å². The van der Waals surface area contributed by atoms with Gasteiger partial charge in [0.2, 0.25) is 0 Å². The van der Waals surface area contributed by atoms with Gasteiger partial charge in [-0.15, -0.1) is 0 Å². The number of rotatable bonds is 5. The maximum Gasteiger partial charge on any atom is 0.143 e. The Hall–Kier alpha value is -1.53. The van der Waals surface area contributed by atoms with E-state index in [0.717, 1.165) is 29.7 Å². The van der Waals surface area contributed by atoms with Crippen LogP contribution in [0.25, 0.3) is 0 Å². The zero-order chi connectivity index (χ0) is 13.2. The van der Waals surface area contributed by atoms with Crippen molar-refractivity contribution in [3.63, 3.8) is 0 Å². The summed E-state index contributed by atoms with van der Waals surface area (Å²) in [5, 5.41) is 12.6. The van der Waals surface area contributed by atoms with Gasteiger partial charge in [-0.3, -0.25) is 5.32 Å². The van der Waals surface area contributed by atoms with Crippen molar-refractivity contribution >= 4 is 0 Å². The lowest BCUT2D eigenvalue weighted by Gasteiger charge is -2.26. The van der Waals surface area contributed by atoms with E-state index in [1.807, 2.05) is 39.1 Å². The molecule has 3 nitrogen and oxygen atoms in total. The lowest BCUT2D eigenvalue weighted by Crippen LogP contribution is -2.49. The van der Waals surface area contributed by atoms with Crippen molar-refractivity contribution in [3.8, 4) is 11.8 Å². The standard InChI is InChI=1S/C15H20N2O/c1-11-5-4-6-12(2)14(11)18-10-15(9-16,17-3)13-7-8-13/h4-6,13,17H,7-8,10H2,1-3H3. The minimum absolute atomic E-state index is 0.413. The number of benzene rings is 1. The van der Waals surface area contributed by atoms with Gasteiger partial charge in [0.1, 0.15) is 17.9 Å². The number of nitriles is 1. The summed E-state index contributed by atoms with van der Waals surface area (Å²) in [6.45, 7) is 4.48. The van der Waals surface area contributed by atoms with Gasteiger partial charge in [0.15, 0.2) is 0 Å². The second-order valence-corrected chi connectivity index (χ2v) is 5.12. The van der Waals surface area contributed by atoms with Gasteiger partial charge >= 0.3 is 0 Å². The predicted octanol–water partition coefficient (Wildman–Crippen LogP) is 2.57. The molecule has 0 aliphatic heterocycles. The smallest absolute Gasteiger partial charge is 0.143 e. The first-order valence-electron chi connectivity index (χ1n) is 6.42. The normalized spacial score (nSPS) is 17.9. The van der Waals surface area contributed by atoms with Gasteiger partial charge in [-0.2, -0.15) is 5.26 Å². The molecular formula is C15H20N2O. The van der Waals surface area contributed by atoms with Gasteiger partial charge in [-0.1, -0.05) is 18.2 Å². The summed E-state index contributed by atoms with van der Waals surface area (Å²) in [7, 11) is 1.84. The molecule has 0 heterocycles. The molecule has 0 radical (unpaired) electrons. The van der Waals surface area contributed by atoms with E-state index in [1.54, 1.807) is 0 Å². The molecule has 1 aromatic carbocycles. The average molecular weight is 244 g/mol. The summed E-state index contributed by atoms with van der Waals surface area (Å²) < 4.78 is 5.93. The Morgan fingerprint density at radius 1 is 1.39 bits per heavy atom. The number of ether oxygens (including phenoxy) is 1. The Balaban J connectivity index is 2.13. The van der Waals surface area contributed by atoms with Crippen LogP contribution in [0, 0.1) is 31.1 Å². The highest BCUT2D eigenvalue weighted by atomic mass is 16.5. The second kappa shape index (κ2) is 4.99. The first-order valence-corrected chi connectivity index (χ1v) is 6.42. The maximum absolute atomic E-state index is 9.41. The molecule has 0 aromatic heterocycles. The van der Waals surface area contributed by atoms with Crippen LogP contribution in [0.4, 0.5) is 0 Å². The topological polar surface area (TPSA) is 45.0 Å². The molecule has 96 valence electrons. The highest BCUT2D eigenvalue weighted by Gasteiger charge is 2.45. The van der Waals surface area contributed by atoms with E-state index in [-0.39, 0.29) is 0 Å². The summed E-state index contributed by atoms with van der Waals surface area (Å²) in [6, 6.07) is 8.49. The van der Waals surface area contributed by atoms with Crippen LogP contribution < -0.4 is 10.1 Å². The average Bonchev–Trinajstić information content (AvgIpc) is 3.19. The number of hydrogen-bond acceptors (Lipinski definition) is 3. The Kier molecular flexibility index (Phi) is 3.58. The summed E-state index contributed by atoms with van der Waals surface area (Å²) in [5.74, 6) is 1.34. The van der Waals surface area contributed by atoms with E-state index in [9.17, 15) is 5.26 Å². The van der Waals surface area contributed by atoms with Crippen LogP contribution >= 0.6 is 0 Å². The number of likely N-dealkylation sites (N-methyl/N-ethyl adjacent to an activating group) is 1. The van der Waals surface area contributed by atoms with Crippen molar-refractivity contribution in [1.82, 2.24) is 5.32 Å². The number of nitrogens with one attached hydrogen (secondary N) is 1. The molecule has 1 aliphatic carbocycles. The summed E-state index contributed by atoms with van der Waals surface area (Å²) in [6.07, 6.45) is 2.23. The molecule has 1 fully saturated rings. The van der Waals surface area contributed by atoms with Crippen molar-refractivity contribution in [1.29, 1.82) is 5.26 Å². The van der Waals surface area contributed by atoms with Crippen LogP contribution in [0.5, 0.6) is 5.75 Å². The van der Waals surface area contributed by atoms with Crippen LogP contribution in [0.1, 0.15) is 24.0 Å². The van der Waals surface area contributed by atoms with Crippen LogP contribution in [0.2, 0.25) is 0 Å². The first kappa shape index (κ1) is 12.9. The van der Waals surface area contributed by atoms with E-state index in [1.165, 1.54) is 0 Å². The number of aryl methyl sites for hydroxylation is 2. The van der Waals surface area contributed by atoms with Crippen LogP contribution in [-0.4, -0.2) is 19.2 Å². The highest BCUT2D eigenvalue weighted by Crippen LogP contribution is 2.39. The molecule has 0 spiro atoms. The van der Waals surface area contributed by atoms with Gasteiger partial charge in [0.05, 0.1) is 6.07 Å². The summed E-state index contributed by atoms with van der Waals surface area (Å²) >= 11 is 0. The third-order valence-electron chi connectivity index (χ3n) is 3.77. The molecule has 1 aliphatic rings. The summed E-state index contributed by atoms with van der Waals surface area (Å²) in [4.78, 5) is 0. The van der Waals surface area contributed by atoms with Gasteiger partial charge in [-0.25, -0.2) is 0 Å². The third-order valence-corrected chi connectivity index (χ3v) is 3.77. The van der Waals surface area contributed by atoms with Crippen molar-refractivity contribution in [2.45, 2.75) is 32.2 Å². The molecule has 1 atom stereocenters. The number of nitrogens with zero attached hydrogens (tertiary/aromatic N) is 1. The fourth-order valence-corrected chi connectivity index (χ4v) is 2.36. The lowest BCUT2D eigenvalue weighted by atomic mass is 9.96. The van der Waals surface area contributed by atoms with Gasteiger partial charge < -0.3 is 4.74 Å². The molecule has 18 heavy (non-hydrogen) atoms. The second-order valence-electron chi connectivity index (χ2n) is 5.12. The molecule has 3 heteroatoms. The first-order chi connectivity index (χ1) is 8.63. The fourth-order valence-electron chi connectivity index (χ4n) is 2.36. The van der Waals surface area contributed by atoms with Crippen molar-refractivity contribution in [2.24, 2.45) is 5.92 Å². The molecule has 2 rings (SSSR count). The SMILES string of the molecule is CNC(C#N)(COc1c(C)cccc1C)C1CC1. The molecule has 1 N–H and O–H groups in total.